The molecule has 0 aromatic heterocycles. The van der Waals surface area contributed by atoms with E-state index in [-0.39, 0.29) is 13.2 Å². The molecule has 0 spiro atoms. The van der Waals surface area contributed by atoms with E-state index in [4.69, 9.17) is 41.2 Å². The van der Waals surface area contributed by atoms with Gasteiger partial charge in [0.2, 0.25) is 3.79 Å². The van der Waals surface area contributed by atoms with Gasteiger partial charge in [-0.3, -0.25) is 0 Å². The number of carbonyl (C=O) groups excluding carboxylic acids is 1. The van der Waals surface area contributed by atoms with Crippen molar-refractivity contribution in [3.05, 3.63) is 0 Å². The topological polar surface area (TPSA) is 29.5 Å². The van der Waals surface area contributed by atoms with E-state index in [1.807, 2.05) is 0 Å². The highest BCUT2D eigenvalue weighted by Gasteiger charge is 2.23. The lowest BCUT2D eigenvalue weighted by atomic mass is 10.6. The molecule has 0 rings (SSSR count). The number of ether oxygens (including phenoxy) is 1. The summed E-state index contributed by atoms with van der Waals surface area (Å²) in [5, 5.41) is 0. The Morgan fingerprint density at radius 3 is 2.54 bits per heavy atom. The third-order valence-electron chi connectivity index (χ3n) is 0.999. The molecule has 0 radical (unpaired) electrons. The van der Waals surface area contributed by atoms with E-state index in [1.165, 1.54) is 11.9 Å². The zero-order valence-electron chi connectivity index (χ0n) is 6.89. The predicted octanol–water partition coefficient (Wildman–Crippen LogP) is 2.06. The van der Waals surface area contributed by atoms with Gasteiger partial charge in [-0.25, -0.2) is 4.79 Å². The number of hydrogen-bond acceptors (Lipinski definition) is 2. The molecule has 0 N–H and O–H groups in total. The second-order valence-electron chi connectivity index (χ2n) is 2.23. The number of hydrogen-bond donors (Lipinski definition) is 0. The fourth-order valence-electron chi connectivity index (χ4n) is 0.455. The molecule has 0 atom stereocenters. The van der Waals surface area contributed by atoms with Gasteiger partial charge in [-0.15, -0.1) is 6.42 Å². The van der Waals surface area contributed by atoms with Gasteiger partial charge in [0.25, 0.3) is 0 Å². The van der Waals surface area contributed by atoms with Crippen LogP contribution in [0.1, 0.15) is 0 Å². The van der Waals surface area contributed by atoms with Crippen LogP contribution in [0.4, 0.5) is 4.79 Å². The van der Waals surface area contributed by atoms with Crippen molar-refractivity contribution in [2.75, 3.05) is 20.2 Å². The first-order valence-electron chi connectivity index (χ1n) is 3.25. The fourth-order valence-corrected chi connectivity index (χ4v) is 0.619. The zero-order chi connectivity index (χ0) is 10.5. The van der Waals surface area contributed by atoms with E-state index in [1.54, 1.807) is 0 Å². The number of terminal acetylenes is 1. The summed E-state index contributed by atoms with van der Waals surface area (Å²) in [6, 6.07) is 0. The van der Waals surface area contributed by atoms with Crippen molar-refractivity contribution in [3.8, 4) is 12.3 Å². The first-order chi connectivity index (χ1) is 5.87. The minimum absolute atomic E-state index is 0.151. The highest BCUT2D eigenvalue weighted by molar-refractivity contribution is 6.67. The molecule has 74 valence electrons. The molecule has 0 aliphatic rings. The van der Waals surface area contributed by atoms with Gasteiger partial charge in [-0.1, -0.05) is 40.7 Å². The summed E-state index contributed by atoms with van der Waals surface area (Å²) in [7, 11) is 1.49. The molecule has 1 amide bonds. The van der Waals surface area contributed by atoms with Crippen LogP contribution >= 0.6 is 34.8 Å². The van der Waals surface area contributed by atoms with Crippen molar-refractivity contribution in [3.63, 3.8) is 0 Å². The molecule has 0 aromatic carbocycles. The van der Waals surface area contributed by atoms with Gasteiger partial charge in [-0.2, -0.15) is 0 Å². The lowest BCUT2D eigenvalue weighted by Crippen LogP contribution is -2.30. The third-order valence-corrected chi connectivity index (χ3v) is 1.33. The van der Waals surface area contributed by atoms with Gasteiger partial charge in [0, 0.05) is 7.05 Å². The molecule has 0 unspecified atom stereocenters. The molecule has 0 heterocycles. The number of rotatable bonds is 2. The van der Waals surface area contributed by atoms with Gasteiger partial charge < -0.3 is 9.64 Å². The summed E-state index contributed by atoms with van der Waals surface area (Å²) in [4.78, 5) is 12.2. The summed E-state index contributed by atoms with van der Waals surface area (Å²) in [5.41, 5.74) is 0. The Labute approximate surface area is 91.9 Å². The summed E-state index contributed by atoms with van der Waals surface area (Å²) in [6.45, 7) is -0.149. The SMILES string of the molecule is C#CCN(C)C(=O)OCC(Cl)(Cl)Cl. The van der Waals surface area contributed by atoms with Gasteiger partial charge in [-0.05, 0) is 0 Å². The molecule has 0 aromatic rings. The monoisotopic (exact) mass is 243 g/mol. The minimum atomic E-state index is -1.59. The van der Waals surface area contributed by atoms with Crippen LogP contribution in [-0.2, 0) is 4.74 Å². The molecule has 0 aliphatic heterocycles. The number of alkyl halides is 3. The minimum Gasteiger partial charge on any atom is -0.445 e. The Hall–Kier alpha value is -0.300. The van der Waals surface area contributed by atoms with Crippen molar-refractivity contribution in [1.82, 2.24) is 4.90 Å². The molecular formula is C7H8Cl3NO2. The number of carbonyl (C=O) groups is 1. The van der Waals surface area contributed by atoms with E-state index >= 15 is 0 Å². The molecule has 13 heavy (non-hydrogen) atoms. The van der Waals surface area contributed by atoms with E-state index in [0.29, 0.717) is 0 Å². The van der Waals surface area contributed by atoms with E-state index in [0.717, 1.165) is 0 Å². The zero-order valence-corrected chi connectivity index (χ0v) is 9.16. The molecule has 0 saturated heterocycles. The van der Waals surface area contributed by atoms with Crippen LogP contribution in [0.2, 0.25) is 0 Å². The number of nitrogens with zero attached hydrogens (tertiary/aromatic N) is 1. The Balaban J connectivity index is 3.83. The number of amides is 1. The Kier molecular flexibility index (Phi) is 5.31. The second-order valence-corrected chi connectivity index (χ2v) is 4.75. The quantitative estimate of drug-likeness (QED) is 0.550. The summed E-state index contributed by atoms with van der Waals surface area (Å²) in [5.74, 6) is 2.27. The summed E-state index contributed by atoms with van der Waals surface area (Å²) >= 11 is 16.1. The van der Waals surface area contributed by atoms with Crippen LogP contribution in [0.3, 0.4) is 0 Å². The normalized spacial score (nSPS) is 10.4. The average Bonchev–Trinajstić information content (AvgIpc) is 1.99. The molecule has 6 heteroatoms. The Morgan fingerprint density at radius 1 is 1.62 bits per heavy atom. The maximum Gasteiger partial charge on any atom is 0.410 e. The van der Waals surface area contributed by atoms with Crippen LogP contribution in [-0.4, -0.2) is 35.0 Å². The first kappa shape index (κ1) is 12.7. The van der Waals surface area contributed by atoms with Crippen LogP contribution < -0.4 is 0 Å². The van der Waals surface area contributed by atoms with Crippen LogP contribution in [0.15, 0.2) is 0 Å². The standard InChI is InChI=1S/C7H8Cl3NO2/c1-3-4-11(2)6(12)13-5-7(8,9)10/h1H,4-5H2,2H3. The van der Waals surface area contributed by atoms with E-state index < -0.39 is 9.89 Å². The first-order valence-corrected chi connectivity index (χ1v) is 4.38. The van der Waals surface area contributed by atoms with Gasteiger partial charge in [0.15, 0.2) is 0 Å². The average molecular weight is 245 g/mol. The van der Waals surface area contributed by atoms with Crippen molar-refractivity contribution in [2.24, 2.45) is 0 Å². The van der Waals surface area contributed by atoms with Crippen LogP contribution in [0.5, 0.6) is 0 Å². The molecule has 0 fully saturated rings. The van der Waals surface area contributed by atoms with Crippen LogP contribution in [0.25, 0.3) is 0 Å². The fraction of sp³-hybridized carbons (Fsp3) is 0.571. The highest BCUT2D eigenvalue weighted by Crippen LogP contribution is 2.25. The smallest absolute Gasteiger partial charge is 0.410 e. The Bertz CT molecular complexity index is 219. The van der Waals surface area contributed by atoms with Gasteiger partial charge >= 0.3 is 6.09 Å². The van der Waals surface area contributed by atoms with E-state index in [9.17, 15) is 4.79 Å². The van der Waals surface area contributed by atoms with Crippen molar-refractivity contribution in [1.29, 1.82) is 0 Å². The van der Waals surface area contributed by atoms with Gasteiger partial charge in [0.05, 0.1) is 6.54 Å². The maximum atomic E-state index is 11.0. The van der Waals surface area contributed by atoms with Crippen molar-refractivity contribution < 1.29 is 9.53 Å². The third kappa shape index (κ3) is 6.83. The summed E-state index contributed by atoms with van der Waals surface area (Å²) in [6.07, 6.45) is 4.35. The predicted molar refractivity (Wildman–Crippen MR) is 53.1 cm³/mol. The Morgan fingerprint density at radius 2 is 2.15 bits per heavy atom. The van der Waals surface area contributed by atoms with E-state index in [2.05, 4.69) is 10.7 Å². The lowest BCUT2D eigenvalue weighted by molar-refractivity contribution is 0.117. The molecule has 0 aliphatic carbocycles. The van der Waals surface area contributed by atoms with Crippen LogP contribution in [0, 0.1) is 12.3 Å². The molecular weight excluding hydrogens is 236 g/mol. The second kappa shape index (κ2) is 5.43. The van der Waals surface area contributed by atoms with Gasteiger partial charge in [0.1, 0.15) is 6.61 Å². The molecule has 0 bridgehead atoms. The maximum absolute atomic E-state index is 11.0. The summed E-state index contributed by atoms with van der Waals surface area (Å²) < 4.78 is 3.03. The number of halogens is 3. The van der Waals surface area contributed by atoms with Crippen molar-refractivity contribution in [2.45, 2.75) is 3.79 Å². The highest BCUT2D eigenvalue weighted by atomic mass is 35.6. The largest absolute Gasteiger partial charge is 0.445 e. The molecule has 0 saturated carbocycles. The lowest BCUT2D eigenvalue weighted by Gasteiger charge is -2.16. The molecule has 3 nitrogen and oxygen atoms in total. The van der Waals surface area contributed by atoms with Crippen molar-refractivity contribution >= 4 is 40.9 Å².